The molecule has 0 amide bonds. The molecule has 6 nitrogen and oxygen atoms in total. The number of nitrogens with zero attached hydrogens (tertiary/aromatic N) is 1. The van der Waals surface area contributed by atoms with Crippen molar-refractivity contribution in [3.63, 3.8) is 0 Å². The van der Waals surface area contributed by atoms with Crippen LogP contribution in [0.1, 0.15) is 33.1 Å². The normalized spacial score (nSPS) is 22.1. The van der Waals surface area contributed by atoms with Crippen molar-refractivity contribution >= 4 is 35.9 Å². The van der Waals surface area contributed by atoms with Crippen LogP contribution in [-0.2, 0) is 14.3 Å². The average Bonchev–Trinajstić information content (AvgIpc) is 2.83. The van der Waals surface area contributed by atoms with Crippen molar-refractivity contribution < 1.29 is 14.3 Å². The summed E-state index contributed by atoms with van der Waals surface area (Å²) in [4.78, 5) is 15.5. The van der Waals surface area contributed by atoms with Crippen LogP contribution in [0.15, 0.2) is 4.99 Å². The lowest BCUT2D eigenvalue weighted by molar-refractivity contribution is -0.140. The number of aliphatic imine (C=N–C) groups is 1. The van der Waals surface area contributed by atoms with Gasteiger partial charge in [0.25, 0.3) is 0 Å². The maximum absolute atomic E-state index is 11.0. The van der Waals surface area contributed by atoms with Crippen LogP contribution in [0, 0.1) is 0 Å². The zero-order valence-corrected chi connectivity index (χ0v) is 14.9. The summed E-state index contributed by atoms with van der Waals surface area (Å²) in [6.07, 6.45) is 2.46. The summed E-state index contributed by atoms with van der Waals surface area (Å²) in [6, 6.07) is 0. The molecule has 1 unspecified atom stereocenters. The van der Waals surface area contributed by atoms with Gasteiger partial charge in [-0.1, -0.05) is 0 Å². The number of nitrogens with one attached hydrogen (secondary N) is 2. The number of guanidine groups is 1. The van der Waals surface area contributed by atoms with Crippen LogP contribution in [-0.4, -0.2) is 50.9 Å². The fraction of sp³-hybridized carbons (Fsp3) is 0.846. The molecule has 0 aromatic carbocycles. The fourth-order valence-electron chi connectivity index (χ4n) is 1.93. The van der Waals surface area contributed by atoms with E-state index in [4.69, 9.17) is 4.74 Å². The predicted molar refractivity (Wildman–Crippen MR) is 89.6 cm³/mol. The highest BCUT2D eigenvalue weighted by Crippen LogP contribution is 2.24. The van der Waals surface area contributed by atoms with Gasteiger partial charge in [-0.3, -0.25) is 9.79 Å². The molecule has 0 bridgehead atoms. The first-order valence-corrected chi connectivity index (χ1v) is 6.82. The largest absolute Gasteiger partial charge is 0.469 e. The van der Waals surface area contributed by atoms with Gasteiger partial charge in [0.05, 0.1) is 25.7 Å². The molecule has 2 N–H and O–H groups in total. The molecule has 7 heteroatoms. The van der Waals surface area contributed by atoms with Crippen LogP contribution in [0.3, 0.4) is 0 Å². The molecule has 1 aliphatic heterocycles. The Morgan fingerprint density at radius 3 is 2.75 bits per heavy atom. The van der Waals surface area contributed by atoms with E-state index in [0.717, 1.165) is 26.0 Å². The monoisotopic (exact) mass is 399 g/mol. The van der Waals surface area contributed by atoms with E-state index in [1.54, 1.807) is 0 Å². The minimum absolute atomic E-state index is 0. The molecule has 0 aromatic heterocycles. The molecule has 1 atom stereocenters. The summed E-state index contributed by atoms with van der Waals surface area (Å²) in [5.41, 5.74) is -0.148. The Balaban J connectivity index is 0.00000361. The zero-order valence-electron chi connectivity index (χ0n) is 12.5. The first-order valence-electron chi connectivity index (χ1n) is 6.82. The lowest BCUT2D eigenvalue weighted by Gasteiger charge is -2.21. The van der Waals surface area contributed by atoms with Gasteiger partial charge >= 0.3 is 5.97 Å². The molecular weight excluding hydrogens is 373 g/mol. The Bertz CT molecular complexity index is 318. The maximum atomic E-state index is 11.0. The second-order valence-electron chi connectivity index (χ2n) is 4.85. The van der Waals surface area contributed by atoms with Crippen LogP contribution >= 0.6 is 24.0 Å². The van der Waals surface area contributed by atoms with Crippen LogP contribution in [0.25, 0.3) is 0 Å². The fourth-order valence-corrected chi connectivity index (χ4v) is 1.93. The number of hydrogen-bond donors (Lipinski definition) is 2. The standard InChI is InChI=1S/C13H25N3O3.HI/c1-4-14-12(15-8-6-11(17)18-3)16-10-13(2)7-5-9-19-13;/h4-10H2,1-3H3,(H2,14,15,16);1H. The van der Waals surface area contributed by atoms with Crippen molar-refractivity contribution in [2.45, 2.75) is 38.7 Å². The Hall–Kier alpha value is -0.570. The highest BCUT2D eigenvalue weighted by atomic mass is 127. The number of rotatable bonds is 6. The van der Waals surface area contributed by atoms with Gasteiger partial charge in [-0.2, -0.15) is 0 Å². The molecule has 0 spiro atoms. The second kappa shape index (κ2) is 10.2. The summed E-state index contributed by atoms with van der Waals surface area (Å²) in [6.45, 7) is 6.82. The quantitative estimate of drug-likeness (QED) is 0.305. The van der Waals surface area contributed by atoms with Gasteiger partial charge in [-0.25, -0.2) is 0 Å². The van der Waals surface area contributed by atoms with Gasteiger partial charge in [0.1, 0.15) is 0 Å². The van der Waals surface area contributed by atoms with E-state index in [9.17, 15) is 4.79 Å². The van der Waals surface area contributed by atoms with Crippen molar-refractivity contribution in [1.29, 1.82) is 0 Å². The van der Waals surface area contributed by atoms with Crippen molar-refractivity contribution in [1.82, 2.24) is 10.6 Å². The lowest BCUT2D eigenvalue weighted by atomic mass is 10.0. The number of carbonyl (C=O) groups is 1. The van der Waals surface area contributed by atoms with Gasteiger partial charge in [-0.05, 0) is 26.7 Å². The third kappa shape index (κ3) is 7.28. The molecule has 1 aliphatic rings. The molecule has 1 saturated heterocycles. The van der Waals surface area contributed by atoms with Crippen molar-refractivity contribution in [2.24, 2.45) is 4.99 Å². The van der Waals surface area contributed by atoms with Crippen molar-refractivity contribution in [3.05, 3.63) is 0 Å². The van der Waals surface area contributed by atoms with E-state index >= 15 is 0 Å². The molecular formula is C13H26IN3O3. The van der Waals surface area contributed by atoms with E-state index < -0.39 is 0 Å². The Morgan fingerprint density at radius 2 is 2.20 bits per heavy atom. The van der Waals surface area contributed by atoms with Crippen molar-refractivity contribution in [2.75, 3.05) is 33.4 Å². The summed E-state index contributed by atoms with van der Waals surface area (Å²) in [5.74, 6) is 0.484. The van der Waals surface area contributed by atoms with Crippen LogP contribution in [0.4, 0.5) is 0 Å². The summed E-state index contributed by atoms with van der Waals surface area (Å²) < 4.78 is 10.3. The molecule has 118 valence electrons. The number of hydrogen-bond acceptors (Lipinski definition) is 4. The minimum Gasteiger partial charge on any atom is -0.469 e. The van der Waals surface area contributed by atoms with Gasteiger partial charge in [0.2, 0.25) is 0 Å². The lowest BCUT2D eigenvalue weighted by Crippen LogP contribution is -2.40. The van der Waals surface area contributed by atoms with E-state index in [-0.39, 0.29) is 35.5 Å². The number of ether oxygens (including phenoxy) is 2. The van der Waals surface area contributed by atoms with Crippen LogP contribution in [0.5, 0.6) is 0 Å². The maximum Gasteiger partial charge on any atom is 0.307 e. The third-order valence-corrected chi connectivity index (χ3v) is 3.07. The number of carbonyl (C=O) groups excluding carboxylic acids is 1. The second-order valence-corrected chi connectivity index (χ2v) is 4.85. The molecule has 1 rings (SSSR count). The Morgan fingerprint density at radius 1 is 1.45 bits per heavy atom. The highest BCUT2D eigenvalue weighted by Gasteiger charge is 2.29. The predicted octanol–water partition coefficient (Wildman–Crippen LogP) is 1.29. The Kier molecular flexibility index (Phi) is 9.91. The summed E-state index contributed by atoms with van der Waals surface area (Å²) in [5, 5.41) is 6.26. The van der Waals surface area contributed by atoms with Crippen LogP contribution in [0.2, 0.25) is 0 Å². The smallest absolute Gasteiger partial charge is 0.307 e. The van der Waals surface area contributed by atoms with E-state index in [1.165, 1.54) is 7.11 Å². The number of methoxy groups -OCH3 is 1. The number of esters is 1. The SMILES string of the molecule is CCNC(=NCC1(C)CCCO1)NCCC(=O)OC.I. The average molecular weight is 399 g/mol. The third-order valence-electron chi connectivity index (χ3n) is 3.07. The molecule has 0 radical (unpaired) electrons. The minimum atomic E-state index is -0.227. The molecule has 20 heavy (non-hydrogen) atoms. The molecule has 0 aliphatic carbocycles. The topological polar surface area (TPSA) is 72.0 Å². The summed E-state index contributed by atoms with van der Waals surface area (Å²) in [7, 11) is 1.39. The van der Waals surface area contributed by atoms with Gasteiger partial charge in [0.15, 0.2) is 5.96 Å². The van der Waals surface area contributed by atoms with Gasteiger partial charge in [-0.15, -0.1) is 24.0 Å². The van der Waals surface area contributed by atoms with E-state index in [0.29, 0.717) is 25.5 Å². The van der Waals surface area contributed by atoms with Gasteiger partial charge < -0.3 is 20.1 Å². The molecule has 0 saturated carbocycles. The molecule has 1 fully saturated rings. The molecule has 0 aromatic rings. The summed E-state index contributed by atoms with van der Waals surface area (Å²) >= 11 is 0. The first kappa shape index (κ1) is 19.4. The Labute approximate surface area is 138 Å². The van der Waals surface area contributed by atoms with E-state index in [2.05, 4.69) is 27.3 Å². The highest BCUT2D eigenvalue weighted by molar-refractivity contribution is 14.0. The molecule has 1 heterocycles. The van der Waals surface area contributed by atoms with Gasteiger partial charge in [0, 0.05) is 19.7 Å². The first-order chi connectivity index (χ1) is 9.09. The van der Waals surface area contributed by atoms with E-state index in [1.807, 2.05) is 6.92 Å². The number of halogens is 1. The zero-order chi connectivity index (χ0) is 14.1. The van der Waals surface area contributed by atoms with Crippen LogP contribution < -0.4 is 10.6 Å². The van der Waals surface area contributed by atoms with Crippen molar-refractivity contribution in [3.8, 4) is 0 Å².